The first-order chi connectivity index (χ1) is 17.8. The lowest BCUT2D eigenvalue weighted by atomic mass is 9.90. The number of nitrogens with zero attached hydrogens (tertiary/aromatic N) is 1. The molecule has 0 bridgehead atoms. The Hall–Kier alpha value is -3.55. The number of hydrogen-bond donors (Lipinski definition) is 0. The highest BCUT2D eigenvalue weighted by atomic mass is 19.4. The highest BCUT2D eigenvalue weighted by Crippen LogP contribution is 2.41. The number of cyclic esters (lactones) is 1. The fourth-order valence-electron chi connectivity index (χ4n) is 4.96. The van der Waals surface area contributed by atoms with E-state index in [1.165, 1.54) is 24.1 Å². The molecular weight excluding hydrogens is 498 g/mol. The molecule has 1 aliphatic heterocycles. The van der Waals surface area contributed by atoms with E-state index in [4.69, 9.17) is 9.47 Å². The summed E-state index contributed by atoms with van der Waals surface area (Å²) < 4.78 is 67.1. The van der Waals surface area contributed by atoms with Crippen LogP contribution in [0, 0.1) is 5.82 Å². The average Bonchev–Trinajstić information content (AvgIpc) is 3.06. The van der Waals surface area contributed by atoms with E-state index in [0.29, 0.717) is 23.1 Å². The van der Waals surface area contributed by atoms with Gasteiger partial charge in [-0.15, -0.1) is 0 Å². The quantitative estimate of drug-likeness (QED) is 0.291. The van der Waals surface area contributed by atoms with Crippen molar-refractivity contribution >= 4 is 6.09 Å². The van der Waals surface area contributed by atoms with Crippen molar-refractivity contribution in [1.29, 1.82) is 0 Å². The van der Waals surface area contributed by atoms with E-state index in [1.807, 2.05) is 44.2 Å². The summed E-state index contributed by atoms with van der Waals surface area (Å²) in [6, 6.07) is 15.4. The summed E-state index contributed by atoms with van der Waals surface area (Å²) in [5, 5.41) is 0. The number of halogens is 4. The van der Waals surface area contributed by atoms with Gasteiger partial charge in [-0.2, -0.15) is 13.2 Å². The van der Waals surface area contributed by atoms with Gasteiger partial charge in [0.05, 0.1) is 25.3 Å². The Bertz CT molecular complexity index is 1320. The van der Waals surface area contributed by atoms with Crippen LogP contribution >= 0.6 is 0 Å². The zero-order valence-electron chi connectivity index (χ0n) is 22.0. The second-order valence-corrected chi connectivity index (χ2v) is 10.4. The van der Waals surface area contributed by atoms with Crippen LogP contribution in [-0.4, -0.2) is 29.7 Å². The van der Waals surface area contributed by atoms with Gasteiger partial charge in [0.1, 0.15) is 17.2 Å². The molecule has 0 spiro atoms. The van der Waals surface area contributed by atoms with Gasteiger partial charge >= 0.3 is 12.3 Å². The summed E-state index contributed by atoms with van der Waals surface area (Å²) in [5.74, 6) is -0.429. The third kappa shape index (κ3) is 5.49. The van der Waals surface area contributed by atoms with E-state index < -0.39 is 35.3 Å². The van der Waals surface area contributed by atoms with E-state index >= 15 is 0 Å². The standard InChI is InChI=1S/C30H31F4NO3/c1-18(2)23-15-24(26(37-5)16-25(23)31)22-12-11-21(30(32,33)34)14-20(22)17-35-27(29(3,4)38-28(35)36)13-19-9-7-6-8-10-19/h6-12,14-16,18,27H,13,17H2,1-5H3/t27-/m0/s1. The van der Waals surface area contributed by atoms with Crippen LogP contribution in [0.4, 0.5) is 22.4 Å². The third-order valence-corrected chi connectivity index (χ3v) is 7.04. The van der Waals surface area contributed by atoms with Gasteiger partial charge in [0.2, 0.25) is 0 Å². The van der Waals surface area contributed by atoms with Crippen LogP contribution in [-0.2, 0) is 23.9 Å². The molecule has 202 valence electrons. The zero-order valence-corrected chi connectivity index (χ0v) is 22.0. The SMILES string of the molecule is COc1cc(F)c(C(C)C)cc1-c1ccc(C(F)(F)F)cc1CN1C(=O)OC(C)(C)[C@@H]1Cc1ccccc1. The number of carbonyl (C=O) groups excluding carboxylic acids is 1. The fraction of sp³-hybridized carbons (Fsp3) is 0.367. The van der Waals surface area contributed by atoms with Crippen LogP contribution < -0.4 is 4.74 Å². The van der Waals surface area contributed by atoms with Gasteiger partial charge in [-0.3, -0.25) is 4.90 Å². The van der Waals surface area contributed by atoms with Crippen LogP contribution in [0.5, 0.6) is 5.75 Å². The minimum Gasteiger partial charge on any atom is -0.496 e. The molecule has 0 aromatic heterocycles. The van der Waals surface area contributed by atoms with Crippen molar-refractivity contribution < 1.29 is 31.8 Å². The third-order valence-electron chi connectivity index (χ3n) is 7.04. The average molecular weight is 530 g/mol. The van der Waals surface area contributed by atoms with Gasteiger partial charge in [0, 0.05) is 11.6 Å². The largest absolute Gasteiger partial charge is 0.496 e. The summed E-state index contributed by atoms with van der Waals surface area (Å²) in [6.07, 6.45) is -4.73. The van der Waals surface area contributed by atoms with Gasteiger partial charge in [0.25, 0.3) is 0 Å². The Kier molecular flexibility index (Phi) is 7.46. The molecule has 0 N–H and O–H groups in total. The monoisotopic (exact) mass is 529 g/mol. The van der Waals surface area contributed by atoms with Crippen LogP contribution in [0.2, 0.25) is 0 Å². The Morgan fingerprint density at radius 2 is 1.71 bits per heavy atom. The Morgan fingerprint density at radius 3 is 2.32 bits per heavy atom. The van der Waals surface area contributed by atoms with E-state index in [-0.39, 0.29) is 23.8 Å². The Labute approximate surface area is 220 Å². The van der Waals surface area contributed by atoms with Gasteiger partial charge in [-0.1, -0.05) is 50.2 Å². The van der Waals surface area contributed by atoms with Gasteiger partial charge in [0.15, 0.2) is 0 Å². The molecule has 8 heteroatoms. The lowest BCUT2D eigenvalue weighted by Gasteiger charge is -2.30. The predicted molar refractivity (Wildman–Crippen MR) is 138 cm³/mol. The molecule has 0 aliphatic carbocycles. The lowest BCUT2D eigenvalue weighted by molar-refractivity contribution is -0.137. The maximum atomic E-state index is 14.7. The van der Waals surface area contributed by atoms with Gasteiger partial charge in [-0.05, 0) is 66.6 Å². The molecule has 1 atom stereocenters. The first kappa shape index (κ1) is 27.5. The number of benzene rings is 3. The molecule has 38 heavy (non-hydrogen) atoms. The van der Waals surface area contributed by atoms with Crippen molar-refractivity contribution in [1.82, 2.24) is 4.90 Å². The number of methoxy groups -OCH3 is 1. The molecule has 3 aromatic rings. The summed E-state index contributed by atoms with van der Waals surface area (Å²) in [7, 11) is 1.38. The van der Waals surface area contributed by atoms with E-state index in [1.54, 1.807) is 19.9 Å². The molecule has 1 fully saturated rings. The van der Waals surface area contributed by atoms with Crippen molar-refractivity contribution in [3.05, 3.63) is 88.7 Å². The molecule has 0 saturated carbocycles. The minimum atomic E-state index is -4.59. The summed E-state index contributed by atoms with van der Waals surface area (Å²) in [6.45, 7) is 7.13. The molecular formula is C30H31F4NO3. The first-order valence-corrected chi connectivity index (χ1v) is 12.4. The summed E-state index contributed by atoms with van der Waals surface area (Å²) >= 11 is 0. The topological polar surface area (TPSA) is 38.8 Å². The fourth-order valence-corrected chi connectivity index (χ4v) is 4.96. The number of alkyl halides is 3. The molecule has 1 amide bonds. The zero-order chi connectivity index (χ0) is 27.8. The van der Waals surface area contributed by atoms with E-state index in [2.05, 4.69) is 0 Å². The maximum Gasteiger partial charge on any atom is 0.416 e. The van der Waals surface area contributed by atoms with Crippen molar-refractivity contribution in [2.24, 2.45) is 0 Å². The maximum absolute atomic E-state index is 14.7. The van der Waals surface area contributed by atoms with Gasteiger partial charge < -0.3 is 9.47 Å². The normalized spacial score (nSPS) is 17.2. The second-order valence-electron chi connectivity index (χ2n) is 10.4. The first-order valence-electron chi connectivity index (χ1n) is 12.4. The molecule has 4 rings (SSSR count). The Balaban J connectivity index is 1.84. The number of hydrogen-bond acceptors (Lipinski definition) is 3. The lowest BCUT2D eigenvalue weighted by Crippen LogP contribution is -2.43. The van der Waals surface area contributed by atoms with Crippen molar-refractivity contribution in [3.63, 3.8) is 0 Å². The van der Waals surface area contributed by atoms with Crippen molar-refractivity contribution in [3.8, 4) is 16.9 Å². The molecule has 0 unspecified atom stereocenters. The van der Waals surface area contributed by atoms with Crippen LogP contribution in [0.25, 0.3) is 11.1 Å². The number of carbonyl (C=O) groups is 1. The van der Waals surface area contributed by atoms with E-state index in [0.717, 1.165) is 17.7 Å². The number of ether oxygens (including phenoxy) is 2. The molecule has 0 radical (unpaired) electrons. The minimum absolute atomic E-state index is 0.128. The summed E-state index contributed by atoms with van der Waals surface area (Å²) in [5.41, 5.74) is 0.809. The van der Waals surface area contributed by atoms with Gasteiger partial charge in [-0.25, -0.2) is 9.18 Å². The molecule has 1 aliphatic rings. The van der Waals surface area contributed by atoms with Crippen molar-refractivity contribution in [2.75, 3.05) is 7.11 Å². The van der Waals surface area contributed by atoms with Crippen LogP contribution in [0.15, 0.2) is 60.7 Å². The Morgan fingerprint density at radius 1 is 1.03 bits per heavy atom. The van der Waals surface area contributed by atoms with E-state index in [9.17, 15) is 22.4 Å². The smallest absolute Gasteiger partial charge is 0.416 e. The highest BCUT2D eigenvalue weighted by Gasteiger charge is 2.47. The van der Waals surface area contributed by atoms with Crippen molar-refractivity contribution in [2.45, 2.75) is 64.4 Å². The molecule has 1 saturated heterocycles. The number of amides is 1. The number of rotatable bonds is 7. The molecule has 1 heterocycles. The predicted octanol–water partition coefficient (Wildman–Crippen LogP) is 7.99. The molecule has 4 nitrogen and oxygen atoms in total. The van der Waals surface area contributed by atoms with Crippen LogP contribution in [0.3, 0.4) is 0 Å². The highest BCUT2D eigenvalue weighted by molar-refractivity contribution is 5.76. The second kappa shape index (κ2) is 10.3. The summed E-state index contributed by atoms with van der Waals surface area (Å²) in [4.78, 5) is 14.5. The molecule has 3 aromatic carbocycles. The van der Waals surface area contributed by atoms with Crippen LogP contribution in [0.1, 0.15) is 55.9 Å².